The zero-order chi connectivity index (χ0) is 11.6. The van der Waals surface area contributed by atoms with Gasteiger partial charge in [0.2, 0.25) is 5.91 Å². The van der Waals surface area contributed by atoms with Gasteiger partial charge in [0, 0.05) is 12.5 Å². The second-order valence-electron chi connectivity index (χ2n) is 4.66. The molecule has 15 heavy (non-hydrogen) atoms. The molecule has 1 aliphatic heterocycles. The first-order valence-electron chi connectivity index (χ1n) is 5.46. The molecule has 1 saturated heterocycles. The van der Waals surface area contributed by atoms with Crippen LogP contribution in [0.4, 0.5) is 0 Å². The van der Waals surface area contributed by atoms with Crippen LogP contribution in [0.2, 0.25) is 0 Å². The smallest absolute Gasteiger partial charge is 0.326 e. The maximum absolute atomic E-state index is 11.8. The molecule has 4 nitrogen and oxygen atoms in total. The molecule has 1 rings (SSSR count). The fraction of sp³-hybridized carbons (Fsp3) is 0.818. The predicted octanol–water partition coefficient (Wildman–Crippen LogP) is 1.35. The highest BCUT2D eigenvalue weighted by molar-refractivity contribution is 5.86. The molecule has 0 unspecified atom stereocenters. The van der Waals surface area contributed by atoms with Gasteiger partial charge in [-0.1, -0.05) is 13.8 Å². The molecule has 86 valence electrons. The highest BCUT2D eigenvalue weighted by Gasteiger charge is 2.36. The molecule has 0 aromatic rings. The molecule has 0 spiro atoms. The van der Waals surface area contributed by atoms with Crippen molar-refractivity contribution < 1.29 is 14.7 Å². The number of hydrogen-bond donors (Lipinski definition) is 1. The van der Waals surface area contributed by atoms with Crippen molar-refractivity contribution in [1.82, 2.24) is 4.90 Å². The molecule has 1 N–H and O–H groups in total. The van der Waals surface area contributed by atoms with Crippen molar-refractivity contribution in [2.24, 2.45) is 11.8 Å². The second kappa shape index (κ2) is 4.64. The van der Waals surface area contributed by atoms with Gasteiger partial charge in [0.25, 0.3) is 0 Å². The minimum Gasteiger partial charge on any atom is -0.480 e. The Morgan fingerprint density at radius 2 is 2.13 bits per heavy atom. The standard InChI is InChI=1S/C11H19NO3/c1-7(2)6-9-4-5-12(10(9)13)8(3)11(14)15/h7-9H,4-6H2,1-3H3,(H,14,15)/t8-,9+/m0/s1. The van der Waals surface area contributed by atoms with Gasteiger partial charge in [-0.05, 0) is 25.7 Å². The van der Waals surface area contributed by atoms with Crippen LogP contribution in [-0.4, -0.2) is 34.5 Å². The summed E-state index contributed by atoms with van der Waals surface area (Å²) < 4.78 is 0. The molecule has 2 atom stereocenters. The van der Waals surface area contributed by atoms with Crippen LogP contribution in [0.15, 0.2) is 0 Å². The van der Waals surface area contributed by atoms with Crippen LogP contribution in [0.3, 0.4) is 0 Å². The van der Waals surface area contributed by atoms with E-state index in [9.17, 15) is 9.59 Å². The number of carbonyl (C=O) groups excluding carboxylic acids is 1. The molecule has 0 aliphatic carbocycles. The number of nitrogens with zero attached hydrogens (tertiary/aromatic N) is 1. The lowest BCUT2D eigenvalue weighted by Crippen LogP contribution is -2.40. The van der Waals surface area contributed by atoms with Gasteiger partial charge in [-0.15, -0.1) is 0 Å². The van der Waals surface area contributed by atoms with E-state index in [2.05, 4.69) is 13.8 Å². The van der Waals surface area contributed by atoms with Crippen LogP contribution in [-0.2, 0) is 9.59 Å². The zero-order valence-corrected chi connectivity index (χ0v) is 9.56. The first-order valence-corrected chi connectivity index (χ1v) is 5.46. The van der Waals surface area contributed by atoms with E-state index in [0.29, 0.717) is 12.5 Å². The zero-order valence-electron chi connectivity index (χ0n) is 9.56. The van der Waals surface area contributed by atoms with Gasteiger partial charge >= 0.3 is 5.97 Å². The van der Waals surface area contributed by atoms with Gasteiger partial charge in [0.15, 0.2) is 0 Å². The summed E-state index contributed by atoms with van der Waals surface area (Å²) >= 11 is 0. The number of aliphatic carboxylic acids is 1. The summed E-state index contributed by atoms with van der Waals surface area (Å²) in [6.45, 7) is 6.31. The topological polar surface area (TPSA) is 57.6 Å². The third-order valence-corrected chi connectivity index (χ3v) is 2.93. The van der Waals surface area contributed by atoms with E-state index in [1.165, 1.54) is 4.90 Å². The Labute approximate surface area is 90.3 Å². The third kappa shape index (κ3) is 2.70. The number of carboxylic acid groups (broad SMARTS) is 1. The molecule has 0 radical (unpaired) electrons. The van der Waals surface area contributed by atoms with Crippen molar-refractivity contribution in [3.63, 3.8) is 0 Å². The Balaban J connectivity index is 2.60. The van der Waals surface area contributed by atoms with Crippen LogP contribution in [0.25, 0.3) is 0 Å². The number of carboxylic acids is 1. The first kappa shape index (κ1) is 12.0. The molecular weight excluding hydrogens is 194 g/mol. The van der Waals surface area contributed by atoms with Gasteiger partial charge in [0.05, 0.1) is 0 Å². The molecule has 1 aliphatic rings. The quantitative estimate of drug-likeness (QED) is 0.767. The lowest BCUT2D eigenvalue weighted by molar-refractivity contribution is -0.148. The third-order valence-electron chi connectivity index (χ3n) is 2.93. The van der Waals surface area contributed by atoms with E-state index < -0.39 is 12.0 Å². The van der Waals surface area contributed by atoms with E-state index in [0.717, 1.165) is 12.8 Å². The van der Waals surface area contributed by atoms with Gasteiger partial charge in [-0.2, -0.15) is 0 Å². The summed E-state index contributed by atoms with van der Waals surface area (Å²) in [5.74, 6) is -0.391. The summed E-state index contributed by atoms with van der Waals surface area (Å²) in [6.07, 6.45) is 1.66. The normalized spacial score (nSPS) is 23.6. The molecule has 1 amide bonds. The van der Waals surface area contributed by atoms with Gasteiger partial charge < -0.3 is 10.0 Å². The van der Waals surface area contributed by atoms with Crippen molar-refractivity contribution in [3.05, 3.63) is 0 Å². The minimum atomic E-state index is -0.923. The predicted molar refractivity (Wildman–Crippen MR) is 56.4 cm³/mol. The minimum absolute atomic E-state index is 0.0126. The maximum Gasteiger partial charge on any atom is 0.326 e. The van der Waals surface area contributed by atoms with Crippen LogP contribution in [0.5, 0.6) is 0 Å². The molecular formula is C11H19NO3. The van der Waals surface area contributed by atoms with Crippen LogP contribution >= 0.6 is 0 Å². The van der Waals surface area contributed by atoms with Crippen molar-refractivity contribution in [3.8, 4) is 0 Å². The number of likely N-dealkylation sites (tertiary alicyclic amines) is 1. The average molecular weight is 213 g/mol. The summed E-state index contributed by atoms with van der Waals surface area (Å²) in [7, 11) is 0. The van der Waals surface area contributed by atoms with Crippen molar-refractivity contribution >= 4 is 11.9 Å². The lowest BCUT2D eigenvalue weighted by Gasteiger charge is -2.21. The highest BCUT2D eigenvalue weighted by Crippen LogP contribution is 2.26. The van der Waals surface area contributed by atoms with Crippen LogP contribution in [0.1, 0.15) is 33.6 Å². The molecule has 0 saturated carbocycles. The highest BCUT2D eigenvalue weighted by atomic mass is 16.4. The summed E-state index contributed by atoms with van der Waals surface area (Å²) in [5.41, 5.74) is 0. The number of hydrogen-bond acceptors (Lipinski definition) is 2. The molecule has 0 aromatic carbocycles. The Kier molecular flexibility index (Phi) is 3.72. The van der Waals surface area contributed by atoms with Gasteiger partial charge in [-0.3, -0.25) is 4.79 Å². The monoisotopic (exact) mass is 213 g/mol. The summed E-state index contributed by atoms with van der Waals surface area (Å²) in [6, 6.07) is -0.685. The summed E-state index contributed by atoms with van der Waals surface area (Å²) in [5, 5.41) is 8.83. The van der Waals surface area contributed by atoms with E-state index in [4.69, 9.17) is 5.11 Å². The summed E-state index contributed by atoms with van der Waals surface area (Å²) in [4.78, 5) is 24.1. The molecule has 1 heterocycles. The number of rotatable bonds is 4. The van der Waals surface area contributed by atoms with E-state index in [1.54, 1.807) is 6.92 Å². The SMILES string of the molecule is CC(C)C[C@H]1CCN([C@@H](C)C(=O)O)C1=O. The Bertz CT molecular complexity index is 263. The van der Waals surface area contributed by atoms with E-state index in [1.807, 2.05) is 0 Å². The van der Waals surface area contributed by atoms with Gasteiger partial charge in [-0.25, -0.2) is 4.79 Å². The Morgan fingerprint density at radius 3 is 2.60 bits per heavy atom. The maximum atomic E-state index is 11.8. The average Bonchev–Trinajstić information content (AvgIpc) is 2.46. The largest absolute Gasteiger partial charge is 0.480 e. The first-order chi connectivity index (χ1) is 6.93. The Hall–Kier alpha value is -1.06. The molecule has 1 fully saturated rings. The van der Waals surface area contributed by atoms with Gasteiger partial charge in [0.1, 0.15) is 6.04 Å². The lowest BCUT2D eigenvalue weighted by atomic mass is 9.96. The van der Waals surface area contributed by atoms with E-state index >= 15 is 0 Å². The molecule has 0 bridgehead atoms. The van der Waals surface area contributed by atoms with Crippen molar-refractivity contribution in [2.45, 2.75) is 39.7 Å². The number of carbonyl (C=O) groups is 2. The Morgan fingerprint density at radius 1 is 1.53 bits per heavy atom. The molecule has 4 heteroatoms. The van der Waals surface area contributed by atoms with Crippen LogP contribution in [0, 0.1) is 11.8 Å². The fourth-order valence-corrected chi connectivity index (χ4v) is 2.07. The van der Waals surface area contributed by atoms with Crippen molar-refractivity contribution in [2.75, 3.05) is 6.54 Å². The van der Waals surface area contributed by atoms with Crippen LogP contribution < -0.4 is 0 Å². The second-order valence-corrected chi connectivity index (χ2v) is 4.66. The molecule has 0 aromatic heterocycles. The van der Waals surface area contributed by atoms with E-state index in [-0.39, 0.29) is 11.8 Å². The number of amides is 1. The fourth-order valence-electron chi connectivity index (χ4n) is 2.07. The van der Waals surface area contributed by atoms with Crippen molar-refractivity contribution in [1.29, 1.82) is 0 Å².